The van der Waals surface area contributed by atoms with E-state index in [1.807, 2.05) is 12.2 Å². The highest BCUT2D eigenvalue weighted by Gasteiger charge is 2.59. The Morgan fingerprint density at radius 2 is 1.92 bits per heavy atom. The number of oxime groups is 1. The summed E-state index contributed by atoms with van der Waals surface area (Å²) in [6.07, 6.45) is 12.6. The van der Waals surface area contributed by atoms with Gasteiger partial charge in [-0.3, -0.25) is 4.79 Å². The van der Waals surface area contributed by atoms with E-state index in [9.17, 15) is 15.1 Å². The lowest BCUT2D eigenvalue weighted by atomic mass is 9.71. The second-order valence-electron chi connectivity index (χ2n) is 12.4. The molecule has 5 rings (SSSR count). The summed E-state index contributed by atoms with van der Waals surface area (Å²) in [6.45, 7) is 10.4. The van der Waals surface area contributed by atoms with Crippen LogP contribution in [0, 0.1) is 17.8 Å². The van der Waals surface area contributed by atoms with Gasteiger partial charge in [0.25, 0.3) is 0 Å². The van der Waals surface area contributed by atoms with E-state index in [1.54, 1.807) is 13.0 Å². The largest absolute Gasteiger partial charge is 0.462 e. The molecule has 0 saturated carbocycles. The Morgan fingerprint density at radius 3 is 2.67 bits per heavy atom. The van der Waals surface area contributed by atoms with Crippen molar-refractivity contribution in [2.24, 2.45) is 22.9 Å². The van der Waals surface area contributed by atoms with E-state index in [1.165, 1.54) is 5.57 Å². The van der Waals surface area contributed by atoms with Crippen LogP contribution in [0.15, 0.2) is 52.3 Å². The quantitative estimate of drug-likeness (QED) is 0.192. The maximum absolute atomic E-state index is 13.9. The van der Waals surface area contributed by atoms with Crippen LogP contribution in [0.1, 0.15) is 73.1 Å². The number of ether oxygens (including phenoxy) is 4. The molecule has 3 fully saturated rings. The number of hydrogen-bond acceptors (Lipinski definition) is 8. The van der Waals surface area contributed by atoms with Gasteiger partial charge in [0.2, 0.25) is 0 Å². The molecule has 0 amide bonds. The van der Waals surface area contributed by atoms with E-state index in [4.69, 9.17) is 18.9 Å². The van der Waals surface area contributed by atoms with Gasteiger partial charge in [0, 0.05) is 19.3 Å². The van der Waals surface area contributed by atoms with Crippen molar-refractivity contribution in [1.29, 1.82) is 0 Å². The standard InChI is InChI=1S/C31H43NO7/c1-18-7-6-8-23-17-36-28-27(32-35)21(4)14-26(31(23,28)34)29(33)37-25-15-24(10-9-19(2)13-18)39-30(16-25)12-11-20(3)22(5)38-30/h6-9,14,18,20,22,24-26,28,34-35H,10-13,15-17H2,1-5H3/b7-6+,19-9+,23-8+,32-27-/t18-,20-,22+,24+,25-,26-,28+,30-,31+/m0/s1. The minimum absolute atomic E-state index is 0.0431. The number of carbonyl (C=O) groups excluding carboxylic acids is 1. The first-order valence-corrected chi connectivity index (χ1v) is 14.4. The maximum Gasteiger partial charge on any atom is 0.316 e. The first kappa shape index (κ1) is 28.3. The second kappa shape index (κ2) is 11.0. The highest BCUT2D eigenvalue weighted by molar-refractivity contribution is 6.06. The molecule has 8 nitrogen and oxygen atoms in total. The van der Waals surface area contributed by atoms with Gasteiger partial charge in [-0.1, -0.05) is 55.0 Å². The third-order valence-corrected chi connectivity index (χ3v) is 9.25. The zero-order valence-corrected chi connectivity index (χ0v) is 23.8. The van der Waals surface area contributed by atoms with E-state index in [0.717, 1.165) is 19.3 Å². The maximum atomic E-state index is 13.9. The third kappa shape index (κ3) is 5.41. The van der Waals surface area contributed by atoms with Crippen LogP contribution in [-0.4, -0.2) is 64.4 Å². The Morgan fingerprint density at radius 1 is 1.13 bits per heavy atom. The van der Waals surface area contributed by atoms with Crippen LogP contribution in [0.3, 0.4) is 0 Å². The Labute approximate surface area is 231 Å². The SMILES string of the molecule is CC1=C[C@H]2C(=O)O[C@H]3C[C@@H](C/C=C(\C)C[C@@H](C)/C=C/C=C4\CO[C@H](/C1=N\O)[C@@]42O)O[C@@]1(CC[C@H](C)[C@@H](C)O1)C3. The molecule has 4 heterocycles. The molecule has 214 valence electrons. The summed E-state index contributed by atoms with van der Waals surface area (Å²) >= 11 is 0. The van der Waals surface area contributed by atoms with E-state index >= 15 is 0 Å². The van der Waals surface area contributed by atoms with Crippen molar-refractivity contribution in [2.75, 3.05) is 6.61 Å². The fourth-order valence-electron chi connectivity index (χ4n) is 6.85. The average Bonchev–Trinajstić information content (AvgIpc) is 3.21. The summed E-state index contributed by atoms with van der Waals surface area (Å²) < 4.78 is 25.3. The number of esters is 1. The molecule has 9 atom stereocenters. The highest BCUT2D eigenvalue weighted by atomic mass is 16.7. The van der Waals surface area contributed by atoms with Crippen LogP contribution in [0.25, 0.3) is 0 Å². The topological polar surface area (TPSA) is 107 Å². The van der Waals surface area contributed by atoms with Crippen LogP contribution in [-0.2, 0) is 23.7 Å². The van der Waals surface area contributed by atoms with Gasteiger partial charge >= 0.3 is 5.97 Å². The van der Waals surface area contributed by atoms with Crippen molar-refractivity contribution < 1.29 is 34.1 Å². The molecule has 1 spiro atoms. The van der Waals surface area contributed by atoms with Crippen LogP contribution in [0.2, 0.25) is 0 Å². The van der Waals surface area contributed by atoms with E-state index < -0.39 is 35.5 Å². The van der Waals surface area contributed by atoms with E-state index in [2.05, 4.69) is 45.0 Å². The highest BCUT2D eigenvalue weighted by Crippen LogP contribution is 2.46. The lowest BCUT2D eigenvalue weighted by Crippen LogP contribution is -2.57. The van der Waals surface area contributed by atoms with E-state index in [0.29, 0.717) is 36.3 Å². The van der Waals surface area contributed by atoms with Crippen molar-refractivity contribution in [2.45, 2.75) is 109 Å². The summed E-state index contributed by atoms with van der Waals surface area (Å²) in [4.78, 5) is 13.9. The molecule has 0 aromatic carbocycles. The number of carbonyl (C=O) groups is 1. The van der Waals surface area contributed by atoms with Gasteiger partial charge in [0.1, 0.15) is 29.4 Å². The van der Waals surface area contributed by atoms with Gasteiger partial charge in [-0.15, -0.1) is 0 Å². The third-order valence-electron chi connectivity index (χ3n) is 9.25. The predicted octanol–water partition coefficient (Wildman–Crippen LogP) is 5.00. The number of nitrogens with zero attached hydrogens (tertiary/aromatic N) is 1. The lowest BCUT2D eigenvalue weighted by Gasteiger charge is -2.49. The van der Waals surface area contributed by atoms with Gasteiger partial charge in [0.15, 0.2) is 5.79 Å². The van der Waals surface area contributed by atoms with Gasteiger partial charge in [0.05, 0.1) is 18.8 Å². The van der Waals surface area contributed by atoms with Gasteiger partial charge in [-0.25, -0.2) is 0 Å². The van der Waals surface area contributed by atoms with Crippen molar-refractivity contribution in [1.82, 2.24) is 0 Å². The Hall–Kier alpha value is -2.26. The molecule has 2 bridgehead atoms. The molecule has 39 heavy (non-hydrogen) atoms. The Kier molecular flexibility index (Phi) is 7.94. The smallest absolute Gasteiger partial charge is 0.316 e. The molecule has 2 N–H and O–H groups in total. The summed E-state index contributed by atoms with van der Waals surface area (Å²) in [5.41, 5.74) is 0.916. The molecule has 3 saturated heterocycles. The number of fused-ring (bicyclic) bond motifs is 2. The fourth-order valence-corrected chi connectivity index (χ4v) is 6.85. The zero-order chi connectivity index (χ0) is 27.9. The van der Waals surface area contributed by atoms with Gasteiger partial charge in [-0.05, 0) is 63.0 Å². The molecule has 0 radical (unpaired) electrons. The van der Waals surface area contributed by atoms with Crippen LogP contribution < -0.4 is 0 Å². The number of aliphatic hydroxyl groups is 1. The fraction of sp³-hybridized carbons (Fsp3) is 0.677. The predicted molar refractivity (Wildman–Crippen MR) is 146 cm³/mol. The molecule has 8 heteroatoms. The lowest BCUT2D eigenvalue weighted by molar-refractivity contribution is -0.332. The first-order chi connectivity index (χ1) is 18.5. The van der Waals surface area contributed by atoms with E-state index in [-0.39, 0.29) is 30.4 Å². The number of hydrogen-bond donors (Lipinski definition) is 2. The number of allylic oxidation sites excluding steroid dienone is 4. The van der Waals surface area contributed by atoms with Crippen molar-refractivity contribution >= 4 is 11.7 Å². The number of rotatable bonds is 0. The molecule has 1 aliphatic carbocycles. The van der Waals surface area contributed by atoms with Crippen LogP contribution in [0.4, 0.5) is 0 Å². The molecule has 5 aliphatic rings. The van der Waals surface area contributed by atoms with Crippen LogP contribution >= 0.6 is 0 Å². The molecule has 0 aromatic rings. The van der Waals surface area contributed by atoms with Gasteiger partial charge < -0.3 is 29.3 Å². The summed E-state index contributed by atoms with van der Waals surface area (Å²) in [6, 6.07) is 0. The molecular formula is C31H43NO7. The Balaban J connectivity index is 1.53. The van der Waals surface area contributed by atoms with Gasteiger partial charge in [-0.2, -0.15) is 0 Å². The molecule has 0 aromatic heterocycles. The summed E-state index contributed by atoms with van der Waals surface area (Å²) in [5.74, 6) is -1.62. The Bertz CT molecular complexity index is 1120. The zero-order valence-electron chi connectivity index (χ0n) is 23.8. The van der Waals surface area contributed by atoms with Crippen molar-refractivity contribution in [3.63, 3.8) is 0 Å². The minimum atomic E-state index is -1.72. The average molecular weight is 542 g/mol. The monoisotopic (exact) mass is 541 g/mol. The summed E-state index contributed by atoms with van der Waals surface area (Å²) in [5, 5.41) is 25.2. The normalized spacial score (nSPS) is 47.8. The minimum Gasteiger partial charge on any atom is -0.462 e. The van der Waals surface area contributed by atoms with Crippen molar-refractivity contribution in [3.8, 4) is 0 Å². The summed E-state index contributed by atoms with van der Waals surface area (Å²) in [7, 11) is 0. The molecule has 4 aliphatic heterocycles. The first-order valence-electron chi connectivity index (χ1n) is 14.4. The second-order valence-corrected chi connectivity index (χ2v) is 12.4. The van der Waals surface area contributed by atoms with Crippen LogP contribution in [0.5, 0.6) is 0 Å². The van der Waals surface area contributed by atoms with Crippen molar-refractivity contribution in [3.05, 3.63) is 47.1 Å². The molecular weight excluding hydrogens is 498 g/mol. The molecule has 0 unspecified atom stereocenters.